The topological polar surface area (TPSA) is 15.3 Å². The van der Waals surface area contributed by atoms with Crippen molar-refractivity contribution in [1.29, 1.82) is 0 Å². The molecule has 21 heavy (non-hydrogen) atoms. The maximum Gasteiger partial charge on any atom is 0.0223 e. The Kier molecular flexibility index (Phi) is 3.00. The van der Waals surface area contributed by atoms with Crippen LogP contribution in [0.15, 0.2) is 0 Å². The molecule has 0 aromatic carbocycles. The van der Waals surface area contributed by atoms with Crippen molar-refractivity contribution in [1.82, 2.24) is 10.2 Å². The standard InChI is InChI=1S/C19H32N2/c1-20-16-8-17-3-2-4-18(9-16)21(17)19-10-13-5-14(11-19)7-15(6-13)12-19/h13-18,20H,2-12H2,1H3. The van der Waals surface area contributed by atoms with Crippen LogP contribution >= 0.6 is 0 Å². The lowest BCUT2D eigenvalue weighted by atomic mass is 9.51. The van der Waals surface area contributed by atoms with Gasteiger partial charge in [0, 0.05) is 23.7 Å². The Balaban J connectivity index is 1.46. The lowest BCUT2D eigenvalue weighted by molar-refractivity contribution is -0.148. The van der Waals surface area contributed by atoms with Crippen LogP contribution in [0.4, 0.5) is 0 Å². The molecular formula is C19H32N2. The highest BCUT2D eigenvalue weighted by Crippen LogP contribution is 2.60. The fourth-order valence-corrected chi connectivity index (χ4v) is 7.77. The minimum absolute atomic E-state index is 0.656. The summed E-state index contributed by atoms with van der Waals surface area (Å²) in [7, 11) is 2.18. The first-order valence-corrected chi connectivity index (χ1v) is 9.71. The van der Waals surface area contributed by atoms with Crippen molar-refractivity contribution in [3.05, 3.63) is 0 Å². The van der Waals surface area contributed by atoms with Crippen LogP contribution in [0.5, 0.6) is 0 Å². The molecule has 2 heterocycles. The van der Waals surface area contributed by atoms with Crippen LogP contribution in [-0.4, -0.2) is 35.6 Å². The van der Waals surface area contributed by atoms with Gasteiger partial charge in [0.25, 0.3) is 0 Å². The van der Waals surface area contributed by atoms with E-state index in [9.17, 15) is 0 Å². The molecule has 0 radical (unpaired) electrons. The lowest BCUT2D eigenvalue weighted by Crippen LogP contribution is -2.69. The molecule has 2 nitrogen and oxygen atoms in total. The van der Waals surface area contributed by atoms with Gasteiger partial charge in [0.05, 0.1) is 0 Å². The smallest absolute Gasteiger partial charge is 0.0223 e. The monoisotopic (exact) mass is 288 g/mol. The summed E-state index contributed by atoms with van der Waals surface area (Å²) in [5.41, 5.74) is 0.656. The number of nitrogens with zero attached hydrogens (tertiary/aromatic N) is 1. The number of hydrogen-bond donors (Lipinski definition) is 1. The van der Waals surface area contributed by atoms with Gasteiger partial charge in [-0.25, -0.2) is 0 Å². The largest absolute Gasteiger partial charge is 0.317 e. The first kappa shape index (κ1) is 13.4. The summed E-state index contributed by atoms with van der Waals surface area (Å²) < 4.78 is 0. The Bertz CT molecular complexity index is 369. The number of nitrogens with one attached hydrogen (secondary N) is 1. The van der Waals surface area contributed by atoms with Crippen LogP contribution in [0.3, 0.4) is 0 Å². The molecule has 0 amide bonds. The van der Waals surface area contributed by atoms with Gasteiger partial charge in [-0.05, 0) is 89.0 Å². The predicted molar refractivity (Wildman–Crippen MR) is 86.3 cm³/mol. The van der Waals surface area contributed by atoms with E-state index in [1.54, 1.807) is 38.5 Å². The van der Waals surface area contributed by atoms with Crippen molar-refractivity contribution in [3.8, 4) is 0 Å². The van der Waals surface area contributed by atoms with Gasteiger partial charge in [-0.2, -0.15) is 0 Å². The molecule has 0 aromatic rings. The first-order valence-electron chi connectivity index (χ1n) is 9.71. The van der Waals surface area contributed by atoms with E-state index < -0.39 is 0 Å². The van der Waals surface area contributed by atoms with Gasteiger partial charge in [0.15, 0.2) is 0 Å². The third-order valence-electron chi connectivity index (χ3n) is 7.94. The van der Waals surface area contributed by atoms with E-state index >= 15 is 0 Å². The summed E-state index contributed by atoms with van der Waals surface area (Å²) in [5, 5.41) is 3.60. The molecular weight excluding hydrogens is 256 g/mol. The van der Waals surface area contributed by atoms with Gasteiger partial charge in [-0.1, -0.05) is 6.42 Å². The molecule has 118 valence electrons. The highest BCUT2D eigenvalue weighted by molar-refractivity contribution is 5.12. The molecule has 6 aliphatic rings. The zero-order chi connectivity index (χ0) is 14.0. The maximum atomic E-state index is 3.60. The second kappa shape index (κ2) is 4.71. The second-order valence-corrected chi connectivity index (χ2v) is 9.24. The molecule has 4 aliphatic carbocycles. The van der Waals surface area contributed by atoms with Crippen LogP contribution in [-0.2, 0) is 0 Å². The molecule has 2 saturated heterocycles. The molecule has 2 unspecified atom stereocenters. The van der Waals surface area contributed by atoms with Crippen LogP contribution in [0.1, 0.15) is 70.6 Å². The molecule has 1 N–H and O–H groups in total. The highest BCUT2D eigenvalue weighted by Gasteiger charge is 2.57. The lowest BCUT2D eigenvalue weighted by Gasteiger charge is -2.66. The number of hydrogen-bond acceptors (Lipinski definition) is 2. The minimum Gasteiger partial charge on any atom is -0.317 e. The maximum absolute atomic E-state index is 3.60. The number of piperidine rings is 2. The van der Waals surface area contributed by atoms with Gasteiger partial charge >= 0.3 is 0 Å². The van der Waals surface area contributed by atoms with Crippen molar-refractivity contribution in [2.75, 3.05) is 7.05 Å². The Morgan fingerprint density at radius 3 is 1.81 bits per heavy atom. The van der Waals surface area contributed by atoms with Crippen LogP contribution in [0.2, 0.25) is 0 Å². The van der Waals surface area contributed by atoms with Gasteiger partial charge in [0.1, 0.15) is 0 Å². The zero-order valence-electron chi connectivity index (χ0n) is 13.7. The van der Waals surface area contributed by atoms with Gasteiger partial charge in [-0.3, -0.25) is 4.90 Å². The molecule has 6 fully saturated rings. The van der Waals surface area contributed by atoms with Crippen LogP contribution in [0, 0.1) is 17.8 Å². The van der Waals surface area contributed by atoms with Crippen molar-refractivity contribution in [2.45, 2.75) is 94.3 Å². The van der Waals surface area contributed by atoms with E-state index in [1.165, 1.54) is 32.1 Å². The average Bonchev–Trinajstić information content (AvgIpc) is 2.44. The summed E-state index contributed by atoms with van der Waals surface area (Å²) in [4.78, 5) is 3.15. The van der Waals surface area contributed by atoms with E-state index in [1.807, 2.05) is 0 Å². The minimum atomic E-state index is 0.656. The quantitative estimate of drug-likeness (QED) is 0.836. The van der Waals surface area contributed by atoms with E-state index in [4.69, 9.17) is 0 Å². The summed E-state index contributed by atoms with van der Waals surface area (Å²) in [5.74, 6) is 3.29. The van der Waals surface area contributed by atoms with Crippen LogP contribution in [0.25, 0.3) is 0 Å². The summed E-state index contributed by atoms with van der Waals surface area (Å²) in [6, 6.07) is 2.61. The highest BCUT2D eigenvalue weighted by atomic mass is 15.3. The van der Waals surface area contributed by atoms with Crippen molar-refractivity contribution >= 4 is 0 Å². The molecule has 6 bridgehead atoms. The second-order valence-electron chi connectivity index (χ2n) is 9.24. The predicted octanol–water partition coefficient (Wildman–Crippen LogP) is 3.56. The third-order valence-corrected chi connectivity index (χ3v) is 7.94. The number of fused-ring (bicyclic) bond motifs is 2. The van der Waals surface area contributed by atoms with Crippen molar-refractivity contribution in [3.63, 3.8) is 0 Å². The SMILES string of the molecule is CNC1CC2CCCC(C1)N2C12CC3CC(CC(C3)C1)C2. The number of rotatable bonds is 2. The van der Waals surface area contributed by atoms with E-state index in [0.29, 0.717) is 5.54 Å². The normalized spacial score (nSPS) is 55.9. The van der Waals surface area contributed by atoms with Crippen molar-refractivity contribution < 1.29 is 0 Å². The molecule has 0 aromatic heterocycles. The summed E-state index contributed by atoms with van der Waals surface area (Å²) >= 11 is 0. The molecule has 4 saturated carbocycles. The Hall–Kier alpha value is -0.0800. The van der Waals surface area contributed by atoms with E-state index in [0.717, 1.165) is 35.9 Å². The third kappa shape index (κ3) is 1.97. The zero-order valence-corrected chi connectivity index (χ0v) is 13.7. The molecule has 6 rings (SSSR count). The molecule has 2 atom stereocenters. The first-order chi connectivity index (χ1) is 10.3. The molecule has 2 heteroatoms. The average molecular weight is 288 g/mol. The summed E-state index contributed by atoms with van der Waals surface area (Å²) in [6.07, 6.45) is 16.8. The van der Waals surface area contributed by atoms with Gasteiger partial charge in [0.2, 0.25) is 0 Å². The van der Waals surface area contributed by atoms with Crippen molar-refractivity contribution in [2.24, 2.45) is 17.8 Å². The Morgan fingerprint density at radius 1 is 0.810 bits per heavy atom. The van der Waals surface area contributed by atoms with Gasteiger partial charge < -0.3 is 5.32 Å². The molecule has 2 aliphatic heterocycles. The summed E-state index contributed by atoms with van der Waals surface area (Å²) in [6.45, 7) is 0. The Labute approximate surface area is 130 Å². The fourth-order valence-electron chi connectivity index (χ4n) is 7.77. The molecule has 0 spiro atoms. The van der Waals surface area contributed by atoms with Crippen LogP contribution < -0.4 is 5.32 Å². The fraction of sp³-hybridized carbons (Fsp3) is 1.00. The van der Waals surface area contributed by atoms with E-state index in [-0.39, 0.29) is 0 Å². The van der Waals surface area contributed by atoms with E-state index in [2.05, 4.69) is 17.3 Å². The van der Waals surface area contributed by atoms with Gasteiger partial charge in [-0.15, -0.1) is 0 Å². The Morgan fingerprint density at radius 2 is 1.33 bits per heavy atom.